The third-order valence-corrected chi connectivity index (χ3v) is 6.97. The summed E-state index contributed by atoms with van der Waals surface area (Å²) >= 11 is 0. The number of nitrogens with one attached hydrogen (secondary N) is 1. The standard InChI is InChI=1S/C32H38FN3O5/c1-19-8-9-22(33)14-28(19)40-18-26-24(12-13-27-30(26)36(6)31(37)32(4,5)35-27)25-11-10-23(15-29(25)38-7)39-17-21(3)41-20(2)16-34/h8-15,21,35H,2,16-18,34H2,1,3-7H3. The number of fused-ring (bicyclic) bond motifs is 1. The number of amides is 1. The highest BCUT2D eigenvalue weighted by Gasteiger charge is 2.38. The SMILES string of the molecule is C=C(CN)OC(C)COc1ccc(-c2ccc3c(c2COc2cc(F)ccc2C)N(C)C(=O)C(C)(C)N3)c(OC)c1. The Hall–Kier alpha value is -4.24. The lowest BCUT2D eigenvalue weighted by molar-refractivity contribution is -0.121. The summed E-state index contributed by atoms with van der Waals surface area (Å²) in [5.41, 5.74) is 9.39. The number of carbonyl (C=O) groups is 1. The van der Waals surface area contributed by atoms with Gasteiger partial charge >= 0.3 is 0 Å². The molecule has 3 aromatic carbocycles. The molecule has 1 aliphatic heterocycles. The van der Waals surface area contributed by atoms with Crippen molar-refractivity contribution in [2.24, 2.45) is 5.73 Å². The second-order valence-electron chi connectivity index (χ2n) is 10.6. The van der Waals surface area contributed by atoms with E-state index in [0.717, 1.165) is 27.9 Å². The average molecular weight is 564 g/mol. The Kier molecular flexibility index (Phi) is 8.77. The largest absolute Gasteiger partial charge is 0.496 e. The van der Waals surface area contributed by atoms with Crippen molar-refractivity contribution in [3.8, 4) is 28.4 Å². The molecule has 8 nitrogen and oxygen atoms in total. The van der Waals surface area contributed by atoms with Gasteiger partial charge in [0.25, 0.3) is 5.91 Å². The molecule has 0 aliphatic carbocycles. The van der Waals surface area contributed by atoms with Gasteiger partial charge in [-0.25, -0.2) is 4.39 Å². The lowest BCUT2D eigenvalue weighted by Gasteiger charge is -2.39. The summed E-state index contributed by atoms with van der Waals surface area (Å²) in [6, 6.07) is 13.9. The number of nitrogens with two attached hydrogens (primary N) is 1. The van der Waals surface area contributed by atoms with Crippen LogP contribution in [-0.2, 0) is 16.1 Å². The Balaban J connectivity index is 1.74. The van der Waals surface area contributed by atoms with Gasteiger partial charge in [0.15, 0.2) is 0 Å². The first-order valence-electron chi connectivity index (χ1n) is 13.4. The van der Waals surface area contributed by atoms with Crippen LogP contribution < -0.4 is 30.2 Å². The van der Waals surface area contributed by atoms with Gasteiger partial charge in [-0.1, -0.05) is 18.7 Å². The van der Waals surface area contributed by atoms with Crippen molar-refractivity contribution in [1.82, 2.24) is 0 Å². The number of nitrogens with zero attached hydrogens (tertiary/aromatic N) is 1. The smallest absolute Gasteiger partial charge is 0.251 e. The van der Waals surface area contributed by atoms with E-state index in [0.29, 0.717) is 35.3 Å². The van der Waals surface area contributed by atoms with E-state index >= 15 is 0 Å². The first-order chi connectivity index (χ1) is 19.4. The summed E-state index contributed by atoms with van der Waals surface area (Å²) in [6.07, 6.45) is -0.239. The van der Waals surface area contributed by atoms with Gasteiger partial charge in [-0.2, -0.15) is 0 Å². The molecule has 0 fully saturated rings. The number of aryl methyl sites for hydroxylation is 1. The van der Waals surface area contributed by atoms with Gasteiger partial charge in [0.2, 0.25) is 0 Å². The predicted molar refractivity (Wildman–Crippen MR) is 159 cm³/mol. The highest BCUT2D eigenvalue weighted by molar-refractivity contribution is 6.08. The van der Waals surface area contributed by atoms with E-state index in [1.54, 1.807) is 31.2 Å². The highest BCUT2D eigenvalue weighted by atomic mass is 19.1. The number of hydrogen-bond donors (Lipinski definition) is 2. The van der Waals surface area contributed by atoms with Crippen LogP contribution in [0.5, 0.6) is 17.2 Å². The molecular formula is C32H38FN3O5. The molecule has 1 unspecified atom stereocenters. The Morgan fingerprint density at radius 1 is 1.10 bits per heavy atom. The number of halogens is 1. The summed E-state index contributed by atoms with van der Waals surface area (Å²) in [7, 11) is 3.34. The molecular weight excluding hydrogens is 525 g/mol. The van der Waals surface area contributed by atoms with Crippen LogP contribution in [-0.4, -0.2) is 44.9 Å². The molecule has 3 aromatic rings. The van der Waals surface area contributed by atoms with E-state index < -0.39 is 5.54 Å². The molecule has 3 N–H and O–H groups in total. The molecule has 0 bridgehead atoms. The van der Waals surface area contributed by atoms with Crippen molar-refractivity contribution >= 4 is 17.3 Å². The van der Waals surface area contributed by atoms with E-state index in [4.69, 9.17) is 24.7 Å². The van der Waals surface area contributed by atoms with Crippen LogP contribution in [0.1, 0.15) is 31.9 Å². The maximum Gasteiger partial charge on any atom is 0.251 e. The fraction of sp³-hybridized carbons (Fsp3) is 0.344. The van der Waals surface area contributed by atoms with Crippen molar-refractivity contribution in [3.63, 3.8) is 0 Å². The molecule has 41 heavy (non-hydrogen) atoms. The van der Waals surface area contributed by atoms with Crippen molar-refractivity contribution in [2.45, 2.75) is 45.9 Å². The Labute approximate surface area is 240 Å². The Morgan fingerprint density at radius 2 is 1.83 bits per heavy atom. The van der Waals surface area contributed by atoms with Gasteiger partial charge in [0, 0.05) is 30.3 Å². The van der Waals surface area contributed by atoms with Crippen LogP contribution >= 0.6 is 0 Å². The molecule has 218 valence electrons. The summed E-state index contributed by atoms with van der Waals surface area (Å²) in [5, 5.41) is 3.35. The number of ether oxygens (including phenoxy) is 4. The third kappa shape index (κ3) is 6.41. The third-order valence-electron chi connectivity index (χ3n) is 6.97. The van der Waals surface area contributed by atoms with Crippen LogP contribution in [0.2, 0.25) is 0 Å². The lowest BCUT2D eigenvalue weighted by atomic mass is 9.91. The number of rotatable bonds is 11. The minimum absolute atomic E-state index is 0.0871. The molecule has 0 saturated carbocycles. The molecule has 0 radical (unpaired) electrons. The quantitative estimate of drug-likeness (QED) is 0.284. The summed E-state index contributed by atoms with van der Waals surface area (Å²) < 4.78 is 37.5. The van der Waals surface area contributed by atoms with Crippen LogP contribution in [0.4, 0.5) is 15.8 Å². The van der Waals surface area contributed by atoms with E-state index in [-0.39, 0.29) is 31.0 Å². The number of benzene rings is 3. The summed E-state index contributed by atoms with van der Waals surface area (Å²) in [4.78, 5) is 14.9. The van der Waals surface area contributed by atoms with Crippen molar-refractivity contribution < 1.29 is 28.1 Å². The van der Waals surface area contributed by atoms with Crippen LogP contribution in [0.25, 0.3) is 11.1 Å². The molecule has 1 amide bonds. The predicted octanol–water partition coefficient (Wildman–Crippen LogP) is 5.81. The zero-order valence-electron chi connectivity index (χ0n) is 24.5. The van der Waals surface area contributed by atoms with Crippen LogP contribution in [0.15, 0.2) is 60.9 Å². The molecule has 0 spiro atoms. The molecule has 0 aromatic heterocycles. The van der Waals surface area contributed by atoms with Gasteiger partial charge in [0.1, 0.15) is 53.7 Å². The van der Waals surface area contributed by atoms with Crippen molar-refractivity contribution in [1.29, 1.82) is 0 Å². The van der Waals surface area contributed by atoms with Gasteiger partial charge in [0.05, 0.1) is 25.0 Å². The Bertz CT molecular complexity index is 1460. The van der Waals surface area contributed by atoms with Gasteiger partial charge < -0.3 is 34.9 Å². The van der Waals surface area contributed by atoms with Crippen LogP contribution in [0, 0.1) is 12.7 Å². The first-order valence-corrected chi connectivity index (χ1v) is 13.4. The number of methoxy groups -OCH3 is 1. The monoisotopic (exact) mass is 563 g/mol. The zero-order valence-corrected chi connectivity index (χ0v) is 24.5. The van der Waals surface area contributed by atoms with E-state index in [1.165, 1.54) is 12.1 Å². The fourth-order valence-corrected chi connectivity index (χ4v) is 4.87. The summed E-state index contributed by atoms with van der Waals surface area (Å²) in [5.74, 6) is 1.61. The molecule has 1 atom stereocenters. The maximum atomic E-state index is 14.0. The second-order valence-corrected chi connectivity index (χ2v) is 10.6. The van der Waals surface area contributed by atoms with Gasteiger partial charge in [-0.05, 0) is 63.1 Å². The first kappa shape index (κ1) is 29.7. The average Bonchev–Trinajstić information content (AvgIpc) is 2.94. The van der Waals surface area contributed by atoms with Crippen molar-refractivity contribution in [3.05, 3.63) is 77.8 Å². The molecule has 1 aliphatic rings. The number of hydrogen-bond acceptors (Lipinski definition) is 7. The minimum Gasteiger partial charge on any atom is -0.496 e. The second kappa shape index (κ2) is 12.1. The van der Waals surface area contributed by atoms with E-state index in [2.05, 4.69) is 11.9 Å². The van der Waals surface area contributed by atoms with E-state index in [9.17, 15) is 9.18 Å². The zero-order chi connectivity index (χ0) is 29.9. The van der Waals surface area contributed by atoms with E-state index in [1.807, 2.05) is 52.0 Å². The van der Waals surface area contributed by atoms with Gasteiger partial charge in [-0.3, -0.25) is 4.79 Å². The number of carbonyl (C=O) groups excluding carboxylic acids is 1. The van der Waals surface area contributed by atoms with Crippen molar-refractivity contribution in [2.75, 3.05) is 37.5 Å². The Morgan fingerprint density at radius 3 is 2.54 bits per heavy atom. The normalized spacial score (nSPS) is 14.5. The topological polar surface area (TPSA) is 95.3 Å². The molecule has 0 saturated heterocycles. The fourth-order valence-electron chi connectivity index (χ4n) is 4.87. The summed E-state index contributed by atoms with van der Waals surface area (Å²) in [6.45, 7) is 11.8. The highest BCUT2D eigenvalue weighted by Crippen LogP contribution is 2.45. The number of likely N-dealkylation sites (N-methyl/N-ethyl adjacent to an activating group) is 1. The maximum absolute atomic E-state index is 14.0. The minimum atomic E-state index is -0.783. The molecule has 1 heterocycles. The molecule has 9 heteroatoms. The lowest BCUT2D eigenvalue weighted by Crippen LogP contribution is -2.52. The van der Waals surface area contributed by atoms with Crippen LogP contribution in [0.3, 0.4) is 0 Å². The number of anilines is 2. The van der Waals surface area contributed by atoms with Gasteiger partial charge in [-0.15, -0.1) is 0 Å². The molecule has 4 rings (SSSR count).